The van der Waals surface area contributed by atoms with Gasteiger partial charge in [0.25, 0.3) is 0 Å². The molecule has 0 bridgehead atoms. The summed E-state index contributed by atoms with van der Waals surface area (Å²) in [5.41, 5.74) is 0.896. The van der Waals surface area contributed by atoms with Crippen LogP contribution in [0.3, 0.4) is 0 Å². The second kappa shape index (κ2) is 7.25. The maximum Gasteiger partial charge on any atom is 0.165 e. The Labute approximate surface area is 102 Å². The predicted octanol–water partition coefficient (Wildman–Crippen LogP) is 2.26. The molecule has 4 heteroatoms. The van der Waals surface area contributed by atoms with Crippen molar-refractivity contribution in [2.75, 3.05) is 20.3 Å². The van der Waals surface area contributed by atoms with Crippen LogP contribution in [0.4, 0.5) is 4.39 Å². The molecule has 96 valence electrons. The molecule has 0 fully saturated rings. The number of aliphatic hydroxyl groups excluding tert-OH is 1. The van der Waals surface area contributed by atoms with Gasteiger partial charge >= 0.3 is 0 Å². The maximum atomic E-state index is 13.5. The number of aliphatic hydroxyl groups is 1. The summed E-state index contributed by atoms with van der Waals surface area (Å²) in [6.07, 6.45) is 1.70. The maximum absolute atomic E-state index is 13.5. The van der Waals surface area contributed by atoms with Crippen LogP contribution in [0.5, 0.6) is 5.75 Å². The third-order valence-corrected chi connectivity index (χ3v) is 2.71. The molecule has 0 aromatic heterocycles. The van der Waals surface area contributed by atoms with Crippen molar-refractivity contribution in [3.63, 3.8) is 0 Å². The highest BCUT2D eigenvalue weighted by atomic mass is 19.1. The van der Waals surface area contributed by atoms with Gasteiger partial charge in [-0.25, -0.2) is 4.39 Å². The lowest BCUT2D eigenvalue weighted by molar-refractivity contribution is 0.283. The second-order valence-electron chi connectivity index (χ2n) is 4.00. The molecule has 1 atom stereocenters. The molecule has 0 amide bonds. The van der Waals surface area contributed by atoms with Crippen LogP contribution in [0.25, 0.3) is 0 Å². The van der Waals surface area contributed by atoms with E-state index in [1.807, 2.05) is 13.0 Å². The SMILES string of the molecule is COc1ccc(C(C)NCCCCO)cc1F. The molecule has 0 spiro atoms. The van der Waals surface area contributed by atoms with Gasteiger partial charge in [-0.1, -0.05) is 6.07 Å². The van der Waals surface area contributed by atoms with Crippen LogP contribution in [0.2, 0.25) is 0 Å². The molecule has 1 aromatic rings. The van der Waals surface area contributed by atoms with E-state index in [1.165, 1.54) is 13.2 Å². The number of halogens is 1. The Balaban J connectivity index is 2.51. The number of rotatable bonds is 7. The Hall–Kier alpha value is -1.13. The number of ether oxygens (including phenoxy) is 1. The Bertz CT molecular complexity index is 344. The summed E-state index contributed by atoms with van der Waals surface area (Å²) < 4.78 is 18.3. The van der Waals surface area contributed by atoms with Crippen molar-refractivity contribution >= 4 is 0 Å². The molecule has 0 aliphatic heterocycles. The molecular formula is C13H20FNO2. The first-order valence-electron chi connectivity index (χ1n) is 5.86. The summed E-state index contributed by atoms with van der Waals surface area (Å²) in [7, 11) is 1.45. The van der Waals surface area contributed by atoms with Gasteiger partial charge in [0.2, 0.25) is 0 Å². The molecule has 0 aliphatic rings. The molecular weight excluding hydrogens is 221 g/mol. The molecule has 0 aliphatic carbocycles. The molecule has 3 nitrogen and oxygen atoms in total. The fourth-order valence-electron chi connectivity index (χ4n) is 1.63. The van der Waals surface area contributed by atoms with Crippen LogP contribution in [0, 0.1) is 5.82 Å². The third kappa shape index (κ3) is 4.32. The Morgan fingerprint density at radius 3 is 2.76 bits per heavy atom. The van der Waals surface area contributed by atoms with Crippen molar-refractivity contribution < 1.29 is 14.2 Å². The van der Waals surface area contributed by atoms with Crippen LogP contribution in [0.15, 0.2) is 18.2 Å². The van der Waals surface area contributed by atoms with Crippen molar-refractivity contribution in [3.05, 3.63) is 29.6 Å². The minimum Gasteiger partial charge on any atom is -0.494 e. The fourth-order valence-corrected chi connectivity index (χ4v) is 1.63. The lowest BCUT2D eigenvalue weighted by Gasteiger charge is -2.14. The fraction of sp³-hybridized carbons (Fsp3) is 0.538. The highest BCUT2D eigenvalue weighted by Gasteiger charge is 2.08. The average molecular weight is 241 g/mol. The van der Waals surface area contributed by atoms with Gasteiger partial charge < -0.3 is 15.2 Å². The van der Waals surface area contributed by atoms with E-state index in [2.05, 4.69) is 5.32 Å². The van der Waals surface area contributed by atoms with Crippen molar-refractivity contribution in [1.29, 1.82) is 0 Å². The van der Waals surface area contributed by atoms with E-state index in [1.54, 1.807) is 6.07 Å². The number of benzene rings is 1. The number of hydrogen-bond donors (Lipinski definition) is 2. The van der Waals surface area contributed by atoms with E-state index in [9.17, 15) is 4.39 Å². The molecule has 17 heavy (non-hydrogen) atoms. The van der Waals surface area contributed by atoms with Gasteiger partial charge in [0.05, 0.1) is 7.11 Å². The van der Waals surface area contributed by atoms with E-state index >= 15 is 0 Å². The van der Waals surface area contributed by atoms with E-state index < -0.39 is 0 Å². The number of hydrogen-bond acceptors (Lipinski definition) is 3. The summed E-state index contributed by atoms with van der Waals surface area (Å²) in [5, 5.41) is 11.9. The van der Waals surface area contributed by atoms with E-state index in [0.717, 1.165) is 24.9 Å². The summed E-state index contributed by atoms with van der Waals surface area (Å²) in [4.78, 5) is 0. The third-order valence-electron chi connectivity index (χ3n) is 2.71. The molecule has 0 heterocycles. The Morgan fingerprint density at radius 2 is 2.18 bits per heavy atom. The van der Waals surface area contributed by atoms with E-state index in [4.69, 9.17) is 9.84 Å². The van der Waals surface area contributed by atoms with Crippen molar-refractivity contribution in [3.8, 4) is 5.75 Å². The number of nitrogens with one attached hydrogen (secondary N) is 1. The zero-order valence-electron chi connectivity index (χ0n) is 10.4. The first kappa shape index (κ1) is 13.9. The van der Waals surface area contributed by atoms with Crippen LogP contribution >= 0.6 is 0 Å². The quantitative estimate of drug-likeness (QED) is 0.719. The molecule has 0 radical (unpaired) electrons. The Morgan fingerprint density at radius 1 is 1.41 bits per heavy atom. The highest BCUT2D eigenvalue weighted by molar-refractivity contribution is 5.30. The topological polar surface area (TPSA) is 41.5 Å². The minimum atomic E-state index is -0.339. The smallest absolute Gasteiger partial charge is 0.165 e. The van der Waals surface area contributed by atoms with E-state index in [0.29, 0.717) is 0 Å². The largest absolute Gasteiger partial charge is 0.494 e. The van der Waals surface area contributed by atoms with Crippen LogP contribution < -0.4 is 10.1 Å². The predicted molar refractivity (Wildman–Crippen MR) is 65.7 cm³/mol. The molecule has 1 unspecified atom stereocenters. The van der Waals surface area contributed by atoms with Gasteiger partial charge in [-0.05, 0) is 44.0 Å². The monoisotopic (exact) mass is 241 g/mol. The minimum absolute atomic E-state index is 0.0918. The van der Waals surface area contributed by atoms with Crippen LogP contribution in [-0.4, -0.2) is 25.4 Å². The zero-order valence-corrected chi connectivity index (χ0v) is 10.4. The zero-order chi connectivity index (χ0) is 12.7. The first-order valence-corrected chi connectivity index (χ1v) is 5.86. The average Bonchev–Trinajstić information content (AvgIpc) is 2.34. The van der Waals surface area contributed by atoms with Crippen LogP contribution in [-0.2, 0) is 0 Å². The van der Waals surface area contributed by atoms with Crippen molar-refractivity contribution in [2.24, 2.45) is 0 Å². The van der Waals surface area contributed by atoms with Crippen molar-refractivity contribution in [2.45, 2.75) is 25.8 Å². The molecule has 0 saturated carbocycles. The van der Waals surface area contributed by atoms with E-state index in [-0.39, 0.29) is 24.2 Å². The number of unbranched alkanes of at least 4 members (excludes halogenated alkanes) is 1. The molecule has 1 rings (SSSR count). The van der Waals surface area contributed by atoms with Gasteiger partial charge in [-0.2, -0.15) is 0 Å². The summed E-state index contributed by atoms with van der Waals surface area (Å²) >= 11 is 0. The first-order chi connectivity index (χ1) is 8.19. The highest BCUT2D eigenvalue weighted by Crippen LogP contribution is 2.21. The van der Waals surface area contributed by atoms with Gasteiger partial charge in [-0.3, -0.25) is 0 Å². The van der Waals surface area contributed by atoms with Crippen molar-refractivity contribution in [1.82, 2.24) is 5.32 Å². The normalized spacial score (nSPS) is 12.5. The summed E-state index contributed by atoms with van der Waals surface area (Å²) in [5.74, 6) is -0.0739. The van der Waals surface area contributed by atoms with Gasteiger partial charge in [0, 0.05) is 12.6 Å². The van der Waals surface area contributed by atoms with Crippen LogP contribution in [0.1, 0.15) is 31.4 Å². The molecule has 0 saturated heterocycles. The lowest BCUT2D eigenvalue weighted by Crippen LogP contribution is -2.20. The van der Waals surface area contributed by atoms with Gasteiger partial charge in [-0.15, -0.1) is 0 Å². The van der Waals surface area contributed by atoms with Gasteiger partial charge in [0.1, 0.15) is 0 Å². The van der Waals surface area contributed by atoms with Gasteiger partial charge in [0.15, 0.2) is 11.6 Å². The summed E-state index contributed by atoms with van der Waals surface area (Å²) in [6, 6.07) is 5.07. The molecule has 1 aromatic carbocycles. The molecule has 2 N–H and O–H groups in total. The number of methoxy groups -OCH3 is 1. The standard InChI is InChI=1S/C13H20FNO2/c1-10(15-7-3-4-8-16)11-5-6-13(17-2)12(14)9-11/h5-6,9-10,15-16H,3-4,7-8H2,1-2H3. The Kier molecular flexibility index (Phi) is 5.94. The second-order valence-corrected chi connectivity index (χ2v) is 4.00. The summed E-state index contributed by atoms with van der Waals surface area (Å²) in [6.45, 7) is 3.02. The lowest BCUT2D eigenvalue weighted by atomic mass is 10.1.